The number of hydrogen-bond donors (Lipinski definition) is 1. The fourth-order valence-electron chi connectivity index (χ4n) is 2.16. The SMILES string of the molecule is CC(=O)N[C@@H]1CCCN(c2cccc(F)n2)C1. The van der Waals surface area contributed by atoms with E-state index in [1.54, 1.807) is 12.1 Å². The molecule has 1 aliphatic heterocycles. The Morgan fingerprint density at radius 1 is 1.59 bits per heavy atom. The number of nitrogens with one attached hydrogen (secondary N) is 1. The van der Waals surface area contributed by atoms with Crippen molar-refractivity contribution in [2.45, 2.75) is 25.8 Å². The van der Waals surface area contributed by atoms with Crippen LogP contribution >= 0.6 is 0 Å². The van der Waals surface area contributed by atoms with Gasteiger partial charge in [-0.05, 0) is 25.0 Å². The van der Waals surface area contributed by atoms with Crippen LogP contribution in [0.5, 0.6) is 0 Å². The molecule has 1 N–H and O–H groups in total. The van der Waals surface area contributed by atoms with Gasteiger partial charge in [0.1, 0.15) is 5.82 Å². The van der Waals surface area contributed by atoms with Gasteiger partial charge in [0.25, 0.3) is 0 Å². The molecule has 0 aliphatic carbocycles. The van der Waals surface area contributed by atoms with Gasteiger partial charge in [-0.1, -0.05) is 6.07 Å². The molecular formula is C12H16FN3O. The predicted octanol–water partition coefficient (Wildman–Crippen LogP) is 1.33. The first-order valence-corrected chi connectivity index (χ1v) is 5.80. The number of piperidine rings is 1. The molecule has 1 saturated heterocycles. The standard InChI is InChI=1S/C12H16FN3O/c1-9(17)14-10-4-3-7-16(8-10)12-6-2-5-11(13)15-12/h2,5-6,10H,3-4,7-8H2,1H3,(H,14,17)/t10-/m1/s1. The second-order valence-electron chi connectivity index (χ2n) is 4.30. The van der Waals surface area contributed by atoms with Crippen LogP contribution in [0.2, 0.25) is 0 Å². The summed E-state index contributed by atoms with van der Waals surface area (Å²) in [5.74, 6) is 0.147. The summed E-state index contributed by atoms with van der Waals surface area (Å²) >= 11 is 0. The van der Waals surface area contributed by atoms with E-state index in [-0.39, 0.29) is 11.9 Å². The third kappa shape index (κ3) is 3.15. The maximum atomic E-state index is 13.0. The number of aromatic nitrogens is 1. The molecule has 1 fully saturated rings. The van der Waals surface area contributed by atoms with Gasteiger partial charge in [0.15, 0.2) is 0 Å². The van der Waals surface area contributed by atoms with Crippen molar-refractivity contribution in [2.24, 2.45) is 0 Å². The van der Waals surface area contributed by atoms with Crippen molar-refractivity contribution in [1.82, 2.24) is 10.3 Å². The molecule has 2 rings (SSSR count). The highest BCUT2D eigenvalue weighted by atomic mass is 19.1. The topological polar surface area (TPSA) is 45.2 Å². The lowest BCUT2D eigenvalue weighted by Gasteiger charge is -2.33. The number of carbonyl (C=O) groups is 1. The van der Waals surface area contributed by atoms with Crippen molar-refractivity contribution in [3.8, 4) is 0 Å². The maximum Gasteiger partial charge on any atom is 0.217 e. The molecule has 92 valence electrons. The molecule has 0 bridgehead atoms. The van der Waals surface area contributed by atoms with Crippen LogP contribution in [0.3, 0.4) is 0 Å². The molecular weight excluding hydrogens is 221 g/mol. The molecule has 1 aromatic heterocycles. The number of amides is 1. The highest BCUT2D eigenvalue weighted by Gasteiger charge is 2.21. The third-order valence-corrected chi connectivity index (χ3v) is 2.85. The Morgan fingerprint density at radius 3 is 3.12 bits per heavy atom. The first-order chi connectivity index (χ1) is 8.15. The zero-order valence-corrected chi connectivity index (χ0v) is 9.82. The van der Waals surface area contributed by atoms with Gasteiger partial charge in [0.05, 0.1) is 0 Å². The van der Waals surface area contributed by atoms with E-state index in [4.69, 9.17) is 0 Å². The zero-order chi connectivity index (χ0) is 12.3. The molecule has 0 radical (unpaired) electrons. The first kappa shape index (κ1) is 11.8. The quantitative estimate of drug-likeness (QED) is 0.789. The summed E-state index contributed by atoms with van der Waals surface area (Å²) < 4.78 is 13.0. The number of halogens is 1. The van der Waals surface area contributed by atoms with E-state index in [0.717, 1.165) is 19.4 Å². The van der Waals surface area contributed by atoms with Crippen molar-refractivity contribution < 1.29 is 9.18 Å². The summed E-state index contributed by atoms with van der Waals surface area (Å²) in [5, 5.41) is 2.89. The fraction of sp³-hybridized carbons (Fsp3) is 0.500. The molecule has 1 atom stereocenters. The zero-order valence-electron chi connectivity index (χ0n) is 9.82. The minimum atomic E-state index is -0.468. The van der Waals surface area contributed by atoms with Gasteiger partial charge in [-0.25, -0.2) is 4.98 Å². The van der Waals surface area contributed by atoms with Crippen molar-refractivity contribution in [3.05, 3.63) is 24.1 Å². The molecule has 0 saturated carbocycles. The summed E-state index contributed by atoms with van der Waals surface area (Å²) in [6.45, 7) is 3.06. The number of nitrogens with zero attached hydrogens (tertiary/aromatic N) is 2. The van der Waals surface area contributed by atoms with E-state index in [2.05, 4.69) is 10.3 Å². The minimum Gasteiger partial charge on any atom is -0.354 e. The van der Waals surface area contributed by atoms with Gasteiger partial charge >= 0.3 is 0 Å². The Labute approximate surface area is 99.8 Å². The molecule has 1 aromatic rings. The van der Waals surface area contributed by atoms with Crippen molar-refractivity contribution in [3.63, 3.8) is 0 Å². The lowest BCUT2D eigenvalue weighted by atomic mass is 10.1. The van der Waals surface area contributed by atoms with E-state index >= 15 is 0 Å². The van der Waals surface area contributed by atoms with Crippen LogP contribution < -0.4 is 10.2 Å². The average molecular weight is 237 g/mol. The molecule has 5 heteroatoms. The lowest BCUT2D eigenvalue weighted by Crippen LogP contribution is -2.47. The van der Waals surface area contributed by atoms with E-state index in [9.17, 15) is 9.18 Å². The number of hydrogen-bond acceptors (Lipinski definition) is 3. The van der Waals surface area contributed by atoms with Gasteiger partial charge in [-0.3, -0.25) is 4.79 Å². The fourth-order valence-corrected chi connectivity index (χ4v) is 2.16. The Bertz CT molecular complexity index is 410. The summed E-state index contributed by atoms with van der Waals surface area (Å²) in [5.41, 5.74) is 0. The molecule has 1 aliphatic rings. The van der Waals surface area contributed by atoms with Crippen LogP contribution in [-0.2, 0) is 4.79 Å². The highest BCUT2D eigenvalue weighted by molar-refractivity contribution is 5.73. The summed E-state index contributed by atoms with van der Waals surface area (Å²) in [6.07, 6.45) is 1.94. The molecule has 0 unspecified atom stereocenters. The monoisotopic (exact) mass is 237 g/mol. The summed E-state index contributed by atoms with van der Waals surface area (Å²) in [4.78, 5) is 16.9. The van der Waals surface area contributed by atoms with Crippen molar-refractivity contribution >= 4 is 11.7 Å². The molecule has 2 heterocycles. The lowest BCUT2D eigenvalue weighted by molar-refractivity contribution is -0.119. The molecule has 0 spiro atoms. The number of rotatable bonds is 2. The second-order valence-corrected chi connectivity index (χ2v) is 4.30. The second kappa shape index (κ2) is 5.12. The van der Waals surface area contributed by atoms with Gasteiger partial charge in [-0.2, -0.15) is 4.39 Å². The number of carbonyl (C=O) groups excluding carboxylic acids is 1. The normalized spacial score (nSPS) is 20.1. The van der Waals surface area contributed by atoms with Crippen LogP contribution in [0.4, 0.5) is 10.2 Å². The van der Waals surface area contributed by atoms with Gasteiger partial charge in [0.2, 0.25) is 11.9 Å². The maximum absolute atomic E-state index is 13.0. The molecule has 17 heavy (non-hydrogen) atoms. The molecule has 0 aromatic carbocycles. The largest absolute Gasteiger partial charge is 0.354 e. The molecule has 1 amide bonds. The van der Waals surface area contributed by atoms with Crippen LogP contribution in [0.1, 0.15) is 19.8 Å². The highest BCUT2D eigenvalue weighted by Crippen LogP contribution is 2.17. The van der Waals surface area contributed by atoms with Crippen LogP contribution in [0, 0.1) is 5.95 Å². The van der Waals surface area contributed by atoms with E-state index in [1.165, 1.54) is 13.0 Å². The van der Waals surface area contributed by atoms with Gasteiger partial charge in [-0.15, -0.1) is 0 Å². The summed E-state index contributed by atoms with van der Waals surface area (Å²) in [6, 6.07) is 4.91. The Balaban J connectivity index is 2.04. The van der Waals surface area contributed by atoms with E-state index < -0.39 is 5.95 Å². The van der Waals surface area contributed by atoms with Crippen molar-refractivity contribution in [2.75, 3.05) is 18.0 Å². The predicted molar refractivity (Wildman–Crippen MR) is 63.2 cm³/mol. The smallest absolute Gasteiger partial charge is 0.217 e. The third-order valence-electron chi connectivity index (χ3n) is 2.85. The first-order valence-electron chi connectivity index (χ1n) is 5.80. The van der Waals surface area contributed by atoms with Crippen LogP contribution in [0.15, 0.2) is 18.2 Å². The van der Waals surface area contributed by atoms with E-state index in [0.29, 0.717) is 12.4 Å². The Hall–Kier alpha value is -1.65. The van der Waals surface area contributed by atoms with Crippen LogP contribution in [-0.4, -0.2) is 30.0 Å². The average Bonchev–Trinajstić information content (AvgIpc) is 2.28. The van der Waals surface area contributed by atoms with Crippen LogP contribution in [0.25, 0.3) is 0 Å². The Morgan fingerprint density at radius 2 is 2.41 bits per heavy atom. The number of anilines is 1. The van der Waals surface area contributed by atoms with E-state index in [1.807, 2.05) is 4.90 Å². The minimum absolute atomic E-state index is 0.0240. The Kier molecular flexibility index (Phi) is 3.56. The summed E-state index contributed by atoms with van der Waals surface area (Å²) in [7, 11) is 0. The van der Waals surface area contributed by atoms with Crippen molar-refractivity contribution in [1.29, 1.82) is 0 Å². The molecule has 4 nitrogen and oxygen atoms in total. The van der Waals surface area contributed by atoms with Gasteiger partial charge < -0.3 is 10.2 Å². The van der Waals surface area contributed by atoms with Gasteiger partial charge in [0, 0.05) is 26.1 Å². The number of pyridine rings is 1.